The summed E-state index contributed by atoms with van der Waals surface area (Å²) in [6, 6.07) is 0. The van der Waals surface area contributed by atoms with Crippen molar-refractivity contribution in [2.45, 2.75) is 111 Å². The van der Waals surface area contributed by atoms with Crippen LogP contribution in [0.4, 0.5) is 0 Å². The van der Waals surface area contributed by atoms with E-state index in [2.05, 4.69) is 6.92 Å². The minimum Gasteiger partial charge on any atom is -0.301 e. The lowest BCUT2D eigenvalue weighted by Crippen LogP contribution is -1.93. The third kappa shape index (κ3) is 17.7. The van der Waals surface area contributed by atoms with Crippen molar-refractivity contribution in [2.75, 3.05) is 19.0 Å². The molecule has 0 saturated carbocycles. The van der Waals surface area contributed by atoms with Crippen LogP contribution in [0, 0.1) is 0 Å². The van der Waals surface area contributed by atoms with E-state index in [-0.39, 0.29) is 0 Å². The van der Waals surface area contributed by atoms with Gasteiger partial charge in [-0.15, -0.1) is 0 Å². The standard InChI is InChI=1S/C20H43O3PS/c1-4-7-8-9-10-11-12-13-14-15-16-17-18-19-20-25-24(21,22-5-2)23-6-3/h4-20H2,1-3H3. The molecule has 0 aliphatic rings. The van der Waals surface area contributed by atoms with Crippen molar-refractivity contribution >= 4 is 18.2 Å². The maximum absolute atomic E-state index is 12.3. The lowest BCUT2D eigenvalue weighted by molar-refractivity contribution is 0.237. The molecule has 152 valence electrons. The fourth-order valence-electron chi connectivity index (χ4n) is 2.90. The Morgan fingerprint density at radius 1 is 0.600 bits per heavy atom. The van der Waals surface area contributed by atoms with Crippen LogP contribution in [0.3, 0.4) is 0 Å². The number of hydrogen-bond donors (Lipinski definition) is 0. The first-order valence-corrected chi connectivity index (χ1v) is 13.9. The highest BCUT2D eigenvalue weighted by atomic mass is 32.7. The van der Waals surface area contributed by atoms with E-state index in [0.29, 0.717) is 13.2 Å². The Balaban J connectivity index is 3.29. The zero-order valence-electron chi connectivity index (χ0n) is 17.1. The third-order valence-corrected chi connectivity index (χ3v) is 8.39. The van der Waals surface area contributed by atoms with Gasteiger partial charge in [-0.1, -0.05) is 90.4 Å². The van der Waals surface area contributed by atoms with E-state index in [1.54, 1.807) is 0 Å². The van der Waals surface area contributed by atoms with Crippen molar-refractivity contribution in [1.29, 1.82) is 0 Å². The van der Waals surface area contributed by atoms with Gasteiger partial charge < -0.3 is 9.05 Å². The van der Waals surface area contributed by atoms with Crippen LogP contribution in [0.2, 0.25) is 0 Å². The molecule has 3 nitrogen and oxygen atoms in total. The maximum Gasteiger partial charge on any atom is 0.389 e. The van der Waals surface area contributed by atoms with E-state index in [1.807, 2.05) is 13.8 Å². The molecule has 0 aromatic carbocycles. The first-order valence-electron chi connectivity index (χ1n) is 10.7. The molecule has 0 N–H and O–H groups in total. The van der Waals surface area contributed by atoms with Crippen molar-refractivity contribution < 1.29 is 13.6 Å². The van der Waals surface area contributed by atoms with Crippen LogP contribution in [0.1, 0.15) is 111 Å². The van der Waals surface area contributed by atoms with Gasteiger partial charge in [-0.3, -0.25) is 0 Å². The molecule has 0 spiro atoms. The minimum absolute atomic E-state index is 0.447. The summed E-state index contributed by atoms with van der Waals surface area (Å²) in [4.78, 5) is 0. The molecule has 0 rings (SSSR count). The Morgan fingerprint density at radius 2 is 0.960 bits per heavy atom. The van der Waals surface area contributed by atoms with E-state index in [1.165, 1.54) is 94.9 Å². The number of unbranched alkanes of at least 4 members (excludes halogenated alkanes) is 13. The van der Waals surface area contributed by atoms with Gasteiger partial charge in [0, 0.05) is 5.75 Å². The van der Waals surface area contributed by atoms with Gasteiger partial charge in [-0.05, 0) is 31.7 Å². The van der Waals surface area contributed by atoms with Crippen LogP contribution in [-0.2, 0) is 13.6 Å². The van der Waals surface area contributed by atoms with Gasteiger partial charge in [0.15, 0.2) is 0 Å². The summed E-state index contributed by atoms with van der Waals surface area (Å²) in [5.41, 5.74) is 0. The van der Waals surface area contributed by atoms with Crippen LogP contribution in [-0.4, -0.2) is 19.0 Å². The Kier molecular flexibility index (Phi) is 19.7. The third-order valence-electron chi connectivity index (χ3n) is 4.32. The van der Waals surface area contributed by atoms with Crippen molar-refractivity contribution in [3.05, 3.63) is 0 Å². The second-order valence-electron chi connectivity index (χ2n) is 6.71. The van der Waals surface area contributed by atoms with Crippen LogP contribution in [0.25, 0.3) is 0 Å². The summed E-state index contributed by atoms with van der Waals surface area (Å²) < 4.78 is 22.8. The lowest BCUT2D eigenvalue weighted by atomic mass is 10.0. The Labute approximate surface area is 161 Å². The molecule has 0 aliphatic carbocycles. The van der Waals surface area contributed by atoms with E-state index >= 15 is 0 Å². The summed E-state index contributed by atoms with van der Waals surface area (Å²) in [5.74, 6) is 0.870. The van der Waals surface area contributed by atoms with Crippen molar-refractivity contribution in [3.63, 3.8) is 0 Å². The molecule has 0 fully saturated rings. The first kappa shape index (κ1) is 25.5. The molecule has 0 amide bonds. The van der Waals surface area contributed by atoms with Crippen molar-refractivity contribution in [1.82, 2.24) is 0 Å². The quantitative estimate of drug-likeness (QED) is 0.153. The Bertz CT molecular complexity index is 303. The molecule has 0 aliphatic heterocycles. The smallest absolute Gasteiger partial charge is 0.301 e. The summed E-state index contributed by atoms with van der Waals surface area (Å²) in [5, 5.41) is 0. The molecule has 0 saturated heterocycles. The predicted octanol–water partition coefficient (Wildman–Crippen LogP) is 8.38. The molecule has 25 heavy (non-hydrogen) atoms. The summed E-state index contributed by atoms with van der Waals surface area (Å²) in [6.07, 6.45) is 19.1. The molecule has 5 heteroatoms. The molecule has 0 radical (unpaired) electrons. The predicted molar refractivity (Wildman–Crippen MR) is 114 cm³/mol. The van der Waals surface area contributed by atoms with Gasteiger partial charge in [0.05, 0.1) is 13.2 Å². The number of rotatable bonds is 20. The largest absolute Gasteiger partial charge is 0.389 e. The van der Waals surface area contributed by atoms with Crippen molar-refractivity contribution in [2.24, 2.45) is 0 Å². The topological polar surface area (TPSA) is 35.5 Å². The summed E-state index contributed by atoms with van der Waals surface area (Å²) >= 11 is 1.37. The molecular weight excluding hydrogens is 351 g/mol. The van der Waals surface area contributed by atoms with Gasteiger partial charge >= 0.3 is 6.80 Å². The monoisotopic (exact) mass is 394 g/mol. The van der Waals surface area contributed by atoms with E-state index in [4.69, 9.17) is 9.05 Å². The van der Waals surface area contributed by atoms with E-state index < -0.39 is 6.80 Å². The van der Waals surface area contributed by atoms with Gasteiger partial charge in [0.25, 0.3) is 0 Å². The highest BCUT2D eigenvalue weighted by Crippen LogP contribution is 2.60. The SMILES string of the molecule is CCCCCCCCCCCCCCCCSP(=O)(OCC)OCC. The fraction of sp³-hybridized carbons (Fsp3) is 1.00. The summed E-state index contributed by atoms with van der Waals surface area (Å²) in [7, 11) is 0. The zero-order chi connectivity index (χ0) is 18.6. The average molecular weight is 395 g/mol. The van der Waals surface area contributed by atoms with E-state index in [0.717, 1.165) is 12.2 Å². The number of hydrogen-bond acceptors (Lipinski definition) is 4. The minimum atomic E-state index is -2.89. The molecular formula is C20H43O3PS. The second-order valence-corrected chi connectivity index (χ2v) is 10.9. The van der Waals surface area contributed by atoms with Gasteiger partial charge in [0.2, 0.25) is 0 Å². The van der Waals surface area contributed by atoms with Gasteiger partial charge in [-0.25, -0.2) is 4.57 Å². The highest BCUT2D eigenvalue weighted by Gasteiger charge is 2.23. The fourth-order valence-corrected chi connectivity index (χ4v) is 6.45. The Morgan fingerprint density at radius 3 is 1.32 bits per heavy atom. The van der Waals surface area contributed by atoms with Gasteiger partial charge in [0.1, 0.15) is 0 Å². The second kappa shape index (κ2) is 19.3. The van der Waals surface area contributed by atoms with Crippen LogP contribution < -0.4 is 0 Å². The molecule has 0 bridgehead atoms. The summed E-state index contributed by atoms with van der Waals surface area (Å²) in [6.45, 7) is 4.00. The van der Waals surface area contributed by atoms with Crippen LogP contribution >= 0.6 is 18.2 Å². The van der Waals surface area contributed by atoms with E-state index in [9.17, 15) is 4.57 Å². The first-order chi connectivity index (χ1) is 12.2. The molecule has 0 unspecified atom stereocenters. The van der Waals surface area contributed by atoms with Crippen LogP contribution in [0.5, 0.6) is 0 Å². The highest BCUT2D eigenvalue weighted by molar-refractivity contribution is 8.55. The average Bonchev–Trinajstić information content (AvgIpc) is 2.59. The van der Waals surface area contributed by atoms with Gasteiger partial charge in [-0.2, -0.15) is 0 Å². The van der Waals surface area contributed by atoms with Crippen molar-refractivity contribution in [3.8, 4) is 0 Å². The Hall–Kier alpha value is 0.500. The lowest BCUT2D eigenvalue weighted by Gasteiger charge is -2.15. The molecule has 0 atom stereocenters. The zero-order valence-corrected chi connectivity index (χ0v) is 18.8. The van der Waals surface area contributed by atoms with Crippen LogP contribution in [0.15, 0.2) is 0 Å². The molecule has 0 aromatic rings. The molecule has 0 aromatic heterocycles. The molecule has 0 heterocycles. The maximum atomic E-state index is 12.3. The normalized spacial score (nSPS) is 12.0.